The topological polar surface area (TPSA) is 81.4 Å². The molecule has 0 saturated heterocycles. The number of carbonyl (C=O) groups is 2. The van der Waals surface area contributed by atoms with Gasteiger partial charge in [0.1, 0.15) is 17.1 Å². The van der Waals surface area contributed by atoms with E-state index in [1.165, 1.54) is 12.1 Å². The third kappa shape index (κ3) is 5.06. The summed E-state index contributed by atoms with van der Waals surface area (Å²) in [5.41, 5.74) is 2.10. The van der Waals surface area contributed by atoms with Gasteiger partial charge in [-0.1, -0.05) is 36.0 Å². The van der Waals surface area contributed by atoms with Crippen LogP contribution >= 0.6 is 11.8 Å². The minimum absolute atomic E-state index is 0.0158. The zero-order chi connectivity index (χ0) is 18.4. The van der Waals surface area contributed by atoms with Gasteiger partial charge in [-0.25, -0.2) is 9.37 Å². The number of fused-ring (bicyclic) bond motifs is 1. The molecule has 0 fully saturated rings. The maximum absolute atomic E-state index is 12.8. The second kappa shape index (κ2) is 8.48. The van der Waals surface area contributed by atoms with Gasteiger partial charge in [-0.15, -0.1) is 0 Å². The maximum Gasteiger partial charge on any atom is 0.316 e. The first kappa shape index (κ1) is 17.9. The van der Waals surface area contributed by atoms with E-state index in [2.05, 4.69) is 10.3 Å². The standard InChI is InChI=1S/C18H15FN2O4S/c19-13-7-5-12(6-8-13)9-20-16(22)10-24-17(23)11-26-18-21-14-3-1-2-4-15(14)25-18/h1-8H,9-11H2,(H,20,22). The van der Waals surface area contributed by atoms with Crippen LogP contribution in [0.4, 0.5) is 4.39 Å². The average molecular weight is 374 g/mol. The first-order chi connectivity index (χ1) is 12.6. The molecule has 8 heteroatoms. The Labute approximate surface area is 152 Å². The van der Waals surface area contributed by atoms with E-state index in [1.807, 2.05) is 18.2 Å². The fourth-order valence-corrected chi connectivity index (χ4v) is 2.71. The molecule has 0 radical (unpaired) electrons. The minimum Gasteiger partial charge on any atom is -0.455 e. The Morgan fingerprint density at radius 2 is 1.92 bits per heavy atom. The molecule has 0 aliphatic carbocycles. The average Bonchev–Trinajstić information content (AvgIpc) is 3.07. The van der Waals surface area contributed by atoms with Crippen LogP contribution in [0.25, 0.3) is 11.1 Å². The lowest BCUT2D eigenvalue weighted by atomic mass is 10.2. The number of thioether (sulfide) groups is 1. The van der Waals surface area contributed by atoms with Gasteiger partial charge in [0.2, 0.25) is 0 Å². The lowest BCUT2D eigenvalue weighted by Gasteiger charge is -2.06. The summed E-state index contributed by atoms with van der Waals surface area (Å²) in [6.45, 7) is -0.150. The molecule has 3 rings (SSSR count). The summed E-state index contributed by atoms with van der Waals surface area (Å²) in [5.74, 6) is -1.34. The van der Waals surface area contributed by atoms with Gasteiger partial charge in [0.25, 0.3) is 11.1 Å². The van der Waals surface area contributed by atoms with Crippen molar-refractivity contribution < 1.29 is 23.1 Å². The second-order valence-electron chi connectivity index (χ2n) is 5.30. The largest absolute Gasteiger partial charge is 0.455 e. The first-order valence-corrected chi connectivity index (χ1v) is 8.74. The molecule has 0 atom stereocenters. The fraction of sp³-hybridized carbons (Fsp3) is 0.167. The lowest BCUT2D eigenvalue weighted by Crippen LogP contribution is -2.28. The van der Waals surface area contributed by atoms with E-state index in [0.717, 1.165) is 17.3 Å². The number of oxazole rings is 1. The molecular weight excluding hydrogens is 359 g/mol. The van der Waals surface area contributed by atoms with Gasteiger partial charge in [-0.05, 0) is 29.8 Å². The molecule has 0 spiro atoms. The number of hydrogen-bond acceptors (Lipinski definition) is 6. The van der Waals surface area contributed by atoms with E-state index in [0.29, 0.717) is 16.3 Å². The molecule has 1 aromatic heterocycles. The molecule has 3 aromatic rings. The van der Waals surface area contributed by atoms with Crippen LogP contribution in [0.3, 0.4) is 0 Å². The number of aromatic nitrogens is 1. The summed E-state index contributed by atoms with van der Waals surface area (Å²) in [7, 11) is 0. The maximum atomic E-state index is 12.8. The van der Waals surface area contributed by atoms with Crippen LogP contribution in [0.5, 0.6) is 0 Å². The van der Waals surface area contributed by atoms with Gasteiger partial charge >= 0.3 is 5.97 Å². The minimum atomic E-state index is -0.547. The van der Waals surface area contributed by atoms with Crippen LogP contribution in [0, 0.1) is 5.82 Å². The number of esters is 1. The summed E-state index contributed by atoms with van der Waals surface area (Å²) in [4.78, 5) is 27.6. The van der Waals surface area contributed by atoms with E-state index in [4.69, 9.17) is 9.15 Å². The summed E-state index contributed by atoms with van der Waals surface area (Å²) in [5, 5.41) is 2.95. The van der Waals surface area contributed by atoms with Gasteiger partial charge in [0.05, 0.1) is 0 Å². The molecule has 6 nitrogen and oxygen atoms in total. The number of ether oxygens (including phenoxy) is 1. The number of hydrogen-bond donors (Lipinski definition) is 1. The van der Waals surface area contributed by atoms with Crippen molar-refractivity contribution in [3.8, 4) is 0 Å². The summed E-state index contributed by atoms with van der Waals surface area (Å²) in [6.07, 6.45) is 0. The Balaban J connectivity index is 1.37. The molecule has 0 aliphatic heterocycles. The molecule has 0 bridgehead atoms. The van der Waals surface area contributed by atoms with Crippen molar-refractivity contribution in [2.24, 2.45) is 0 Å². The van der Waals surface area contributed by atoms with Gasteiger partial charge in [-0.2, -0.15) is 0 Å². The zero-order valence-electron chi connectivity index (χ0n) is 13.6. The van der Waals surface area contributed by atoms with Crippen molar-refractivity contribution >= 4 is 34.7 Å². The molecule has 1 amide bonds. The number of rotatable bonds is 7. The quantitative estimate of drug-likeness (QED) is 0.506. The smallest absolute Gasteiger partial charge is 0.316 e. The number of nitrogens with one attached hydrogen (secondary N) is 1. The molecule has 1 N–H and O–H groups in total. The highest BCUT2D eigenvalue weighted by Gasteiger charge is 2.11. The Kier molecular flexibility index (Phi) is 5.85. The Bertz CT molecular complexity index is 878. The van der Waals surface area contributed by atoms with Crippen LogP contribution < -0.4 is 5.32 Å². The third-order valence-electron chi connectivity index (χ3n) is 3.35. The SMILES string of the molecule is O=C(COC(=O)CSc1nc2ccccc2o1)NCc1ccc(F)cc1. The zero-order valence-corrected chi connectivity index (χ0v) is 14.4. The summed E-state index contributed by atoms with van der Waals surface area (Å²) >= 11 is 1.10. The van der Waals surface area contributed by atoms with Crippen molar-refractivity contribution in [1.82, 2.24) is 10.3 Å². The summed E-state index contributed by atoms with van der Waals surface area (Å²) < 4.78 is 23.2. The van der Waals surface area contributed by atoms with Crippen molar-refractivity contribution in [3.05, 3.63) is 59.9 Å². The molecule has 0 unspecified atom stereocenters. The number of halogens is 1. The van der Waals surface area contributed by atoms with Crippen LogP contribution in [-0.4, -0.2) is 29.2 Å². The fourth-order valence-electron chi connectivity index (χ4n) is 2.08. The predicted molar refractivity (Wildman–Crippen MR) is 93.9 cm³/mol. The van der Waals surface area contributed by atoms with Crippen molar-refractivity contribution in [2.75, 3.05) is 12.4 Å². The van der Waals surface area contributed by atoms with Gasteiger partial charge in [-0.3, -0.25) is 9.59 Å². The second-order valence-corrected chi connectivity index (χ2v) is 6.23. The number of carbonyl (C=O) groups excluding carboxylic acids is 2. The highest BCUT2D eigenvalue weighted by molar-refractivity contribution is 7.99. The van der Waals surface area contributed by atoms with Crippen LogP contribution in [0.2, 0.25) is 0 Å². The van der Waals surface area contributed by atoms with Crippen molar-refractivity contribution in [2.45, 2.75) is 11.8 Å². The number of nitrogens with zero attached hydrogens (tertiary/aromatic N) is 1. The van der Waals surface area contributed by atoms with E-state index in [1.54, 1.807) is 18.2 Å². The highest BCUT2D eigenvalue weighted by atomic mass is 32.2. The normalized spacial score (nSPS) is 10.7. The Morgan fingerprint density at radius 3 is 2.69 bits per heavy atom. The van der Waals surface area contributed by atoms with E-state index >= 15 is 0 Å². The Morgan fingerprint density at radius 1 is 1.15 bits per heavy atom. The first-order valence-electron chi connectivity index (χ1n) is 7.75. The van der Waals surface area contributed by atoms with Crippen molar-refractivity contribution in [3.63, 3.8) is 0 Å². The highest BCUT2D eigenvalue weighted by Crippen LogP contribution is 2.22. The Hall–Kier alpha value is -2.87. The van der Waals surface area contributed by atoms with Crippen molar-refractivity contribution in [1.29, 1.82) is 0 Å². The van der Waals surface area contributed by atoms with Crippen LogP contribution in [0.15, 0.2) is 58.2 Å². The number of amides is 1. The molecule has 2 aromatic carbocycles. The molecule has 1 heterocycles. The number of para-hydroxylation sites is 2. The van der Waals surface area contributed by atoms with E-state index < -0.39 is 11.9 Å². The molecule has 134 valence electrons. The molecular formula is C18H15FN2O4S. The van der Waals surface area contributed by atoms with Crippen LogP contribution in [0.1, 0.15) is 5.56 Å². The van der Waals surface area contributed by atoms with E-state index in [9.17, 15) is 14.0 Å². The van der Waals surface area contributed by atoms with Gasteiger partial charge in [0, 0.05) is 6.54 Å². The predicted octanol–water partition coefficient (Wildman–Crippen LogP) is 2.92. The number of benzene rings is 2. The third-order valence-corrected chi connectivity index (χ3v) is 4.16. The van der Waals surface area contributed by atoms with Gasteiger partial charge in [0.15, 0.2) is 12.2 Å². The molecule has 0 saturated carbocycles. The van der Waals surface area contributed by atoms with Gasteiger partial charge < -0.3 is 14.5 Å². The summed E-state index contributed by atoms with van der Waals surface area (Å²) in [6, 6.07) is 13.0. The lowest BCUT2D eigenvalue weighted by molar-refractivity contribution is -0.145. The van der Waals surface area contributed by atoms with Crippen LogP contribution in [-0.2, 0) is 20.9 Å². The monoisotopic (exact) mass is 374 g/mol. The molecule has 0 aliphatic rings. The van der Waals surface area contributed by atoms with E-state index in [-0.39, 0.29) is 24.7 Å². The molecule has 26 heavy (non-hydrogen) atoms.